The zero-order valence-electron chi connectivity index (χ0n) is 12.1. The van der Waals surface area contributed by atoms with Gasteiger partial charge in [-0.2, -0.15) is 0 Å². The molecule has 0 aliphatic carbocycles. The smallest absolute Gasteiger partial charge is 0.234 e. The van der Waals surface area contributed by atoms with Gasteiger partial charge in [-0.05, 0) is 30.3 Å². The maximum atomic E-state index is 12.1. The molecule has 0 atom stereocenters. The van der Waals surface area contributed by atoms with Crippen molar-refractivity contribution in [1.82, 2.24) is 5.32 Å². The van der Waals surface area contributed by atoms with Gasteiger partial charge in [-0.15, -0.1) is 11.8 Å². The number of nitrogens with one attached hydrogen (secondary N) is 2. The van der Waals surface area contributed by atoms with Gasteiger partial charge in [0.1, 0.15) is 0 Å². The summed E-state index contributed by atoms with van der Waals surface area (Å²) in [7, 11) is 0. The van der Waals surface area contributed by atoms with Crippen molar-refractivity contribution in [3.63, 3.8) is 0 Å². The molecule has 4 heteroatoms. The minimum absolute atomic E-state index is 0.0211. The van der Waals surface area contributed by atoms with Gasteiger partial charge in [0.25, 0.3) is 0 Å². The largest absolute Gasteiger partial charge is 0.325 e. The first-order valence-corrected chi connectivity index (χ1v) is 8.04. The number of carbonyl (C=O) groups excluding carboxylic acids is 1. The molecule has 2 aromatic rings. The number of carbonyl (C=O) groups is 1. The Morgan fingerprint density at radius 3 is 2.52 bits per heavy atom. The molecule has 0 aliphatic rings. The van der Waals surface area contributed by atoms with Crippen LogP contribution in [0.25, 0.3) is 0 Å². The number of hydrogen-bond donors (Lipinski definition) is 2. The summed E-state index contributed by atoms with van der Waals surface area (Å²) < 4.78 is 0. The van der Waals surface area contributed by atoms with Crippen molar-refractivity contribution in [3.05, 3.63) is 60.2 Å². The van der Waals surface area contributed by atoms with Crippen LogP contribution < -0.4 is 10.6 Å². The lowest BCUT2D eigenvalue weighted by Crippen LogP contribution is -2.18. The lowest BCUT2D eigenvalue weighted by atomic mass is 10.1. The predicted molar refractivity (Wildman–Crippen MR) is 89.6 cm³/mol. The van der Waals surface area contributed by atoms with Crippen LogP contribution in [0.2, 0.25) is 0 Å². The van der Waals surface area contributed by atoms with Crippen LogP contribution in [-0.4, -0.2) is 18.2 Å². The second-order valence-electron chi connectivity index (χ2n) is 4.59. The molecule has 2 aromatic carbocycles. The Labute approximate surface area is 130 Å². The lowest BCUT2D eigenvalue weighted by molar-refractivity contribution is -0.113. The molecule has 0 aliphatic heterocycles. The van der Waals surface area contributed by atoms with E-state index in [4.69, 9.17) is 0 Å². The quantitative estimate of drug-likeness (QED) is 0.769. The summed E-state index contributed by atoms with van der Waals surface area (Å²) in [5.41, 5.74) is 1.99. The monoisotopic (exact) mass is 300 g/mol. The Bertz CT molecular complexity index is 572. The van der Waals surface area contributed by atoms with E-state index in [1.807, 2.05) is 54.6 Å². The van der Waals surface area contributed by atoms with E-state index in [1.165, 1.54) is 0 Å². The first-order valence-electron chi connectivity index (χ1n) is 7.06. The van der Waals surface area contributed by atoms with Gasteiger partial charge in [0.2, 0.25) is 5.91 Å². The van der Waals surface area contributed by atoms with E-state index in [0.717, 1.165) is 29.2 Å². The number of anilines is 1. The zero-order chi connectivity index (χ0) is 14.9. The topological polar surface area (TPSA) is 41.1 Å². The second kappa shape index (κ2) is 8.49. The van der Waals surface area contributed by atoms with E-state index in [9.17, 15) is 4.79 Å². The number of thioether (sulfide) groups is 1. The fraction of sp³-hybridized carbons (Fsp3) is 0.235. The van der Waals surface area contributed by atoms with Crippen molar-refractivity contribution in [2.24, 2.45) is 0 Å². The standard InChI is InChI=1S/C17H20N2OS/c1-2-18-12-14-8-6-7-11-16(14)19-17(20)13-21-15-9-4-3-5-10-15/h3-11,18H,2,12-13H2,1H3,(H,19,20). The zero-order valence-corrected chi connectivity index (χ0v) is 13.0. The van der Waals surface area contributed by atoms with Crippen LogP contribution in [0.1, 0.15) is 12.5 Å². The summed E-state index contributed by atoms with van der Waals surface area (Å²) in [5, 5.41) is 6.27. The van der Waals surface area contributed by atoms with Crippen molar-refractivity contribution >= 4 is 23.4 Å². The van der Waals surface area contributed by atoms with Crippen molar-refractivity contribution in [2.75, 3.05) is 17.6 Å². The molecule has 0 bridgehead atoms. The maximum Gasteiger partial charge on any atom is 0.234 e. The fourth-order valence-corrected chi connectivity index (χ4v) is 2.63. The van der Waals surface area contributed by atoms with E-state index in [0.29, 0.717) is 5.75 Å². The Morgan fingerprint density at radius 1 is 1.05 bits per heavy atom. The van der Waals surface area contributed by atoms with Crippen LogP contribution in [0.3, 0.4) is 0 Å². The van der Waals surface area contributed by atoms with Gasteiger partial charge < -0.3 is 10.6 Å². The number of para-hydroxylation sites is 1. The van der Waals surface area contributed by atoms with Gasteiger partial charge in [-0.25, -0.2) is 0 Å². The molecule has 0 spiro atoms. The number of amides is 1. The summed E-state index contributed by atoms with van der Waals surface area (Å²) in [5.74, 6) is 0.437. The van der Waals surface area contributed by atoms with Crippen LogP contribution in [-0.2, 0) is 11.3 Å². The number of benzene rings is 2. The SMILES string of the molecule is CCNCc1ccccc1NC(=O)CSc1ccccc1. The average Bonchev–Trinajstić information content (AvgIpc) is 2.53. The Kier molecular flexibility index (Phi) is 6.31. The molecule has 0 aromatic heterocycles. The third kappa shape index (κ3) is 5.25. The highest BCUT2D eigenvalue weighted by Gasteiger charge is 2.06. The minimum atomic E-state index is 0.0211. The van der Waals surface area contributed by atoms with E-state index < -0.39 is 0 Å². The molecule has 0 heterocycles. The molecule has 1 amide bonds. The molecule has 0 radical (unpaired) electrons. The molecule has 0 unspecified atom stereocenters. The average molecular weight is 300 g/mol. The number of hydrogen-bond acceptors (Lipinski definition) is 3. The highest BCUT2D eigenvalue weighted by Crippen LogP contribution is 2.19. The van der Waals surface area contributed by atoms with Crippen LogP contribution in [0.5, 0.6) is 0 Å². The molecule has 3 nitrogen and oxygen atoms in total. The summed E-state index contributed by atoms with van der Waals surface area (Å²) in [6, 6.07) is 17.9. The summed E-state index contributed by atoms with van der Waals surface area (Å²) in [4.78, 5) is 13.2. The van der Waals surface area contributed by atoms with Crippen molar-refractivity contribution in [1.29, 1.82) is 0 Å². The van der Waals surface area contributed by atoms with E-state index >= 15 is 0 Å². The van der Waals surface area contributed by atoms with Gasteiger partial charge in [-0.3, -0.25) is 4.79 Å². The van der Waals surface area contributed by atoms with Gasteiger partial charge in [0, 0.05) is 17.1 Å². The van der Waals surface area contributed by atoms with E-state index in [2.05, 4.69) is 17.6 Å². The molecule has 2 N–H and O–H groups in total. The van der Waals surface area contributed by atoms with E-state index in [1.54, 1.807) is 11.8 Å². The molecule has 0 fully saturated rings. The summed E-state index contributed by atoms with van der Waals surface area (Å²) in [6.07, 6.45) is 0. The van der Waals surface area contributed by atoms with Gasteiger partial charge >= 0.3 is 0 Å². The summed E-state index contributed by atoms with van der Waals surface area (Å²) in [6.45, 7) is 3.74. The second-order valence-corrected chi connectivity index (χ2v) is 5.64. The summed E-state index contributed by atoms with van der Waals surface area (Å²) >= 11 is 1.54. The molecular weight excluding hydrogens is 280 g/mol. The van der Waals surface area contributed by atoms with Gasteiger partial charge in [0.15, 0.2) is 0 Å². The van der Waals surface area contributed by atoms with Gasteiger partial charge in [-0.1, -0.05) is 43.3 Å². The third-order valence-electron chi connectivity index (χ3n) is 2.97. The predicted octanol–water partition coefficient (Wildman–Crippen LogP) is 3.53. The Hall–Kier alpha value is -1.78. The molecular formula is C17H20N2OS. The maximum absolute atomic E-state index is 12.1. The van der Waals surface area contributed by atoms with Crippen LogP contribution in [0.4, 0.5) is 5.69 Å². The Balaban J connectivity index is 1.90. The Morgan fingerprint density at radius 2 is 1.76 bits per heavy atom. The van der Waals surface area contributed by atoms with E-state index in [-0.39, 0.29) is 5.91 Å². The highest BCUT2D eigenvalue weighted by molar-refractivity contribution is 8.00. The van der Waals surface area contributed by atoms with Crippen LogP contribution in [0, 0.1) is 0 Å². The molecule has 21 heavy (non-hydrogen) atoms. The first-order chi connectivity index (χ1) is 10.3. The van der Waals surface area contributed by atoms with Crippen LogP contribution >= 0.6 is 11.8 Å². The number of rotatable bonds is 7. The van der Waals surface area contributed by atoms with Crippen molar-refractivity contribution < 1.29 is 4.79 Å². The minimum Gasteiger partial charge on any atom is -0.325 e. The van der Waals surface area contributed by atoms with Crippen LogP contribution in [0.15, 0.2) is 59.5 Å². The molecule has 0 saturated carbocycles. The molecule has 2 rings (SSSR count). The molecule has 110 valence electrons. The van der Waals surface area contributed by atoms with Crippen molar-refractivity contribution in [2.45, 2.75) is 18.4 Å². The van der Waals surface area contributed by atoms with Crippen molar-refractivity contribution in [3.8, 4) is 0 Å². The highest BCUT2D eigenvalue weighted by atomic mass is 32.2. The third-order valence-corrected chi connectivity index (χ3v) is 3.98. The lowest BCUT2D eigenvalue weighted by Gasteiger charge is -2.11. The fourth-order valence-electron chi connectivity index (χ4n) is 1.91. The first kappa shape index (κ1) is 15.6. The van der Waals surface area contributed by atoms with Gasteiger partial charge in [0.05, 0.1) is 5.75 Å². The normalized spacial score (nSPS) is 10.3. The molecule has 0 saturated heterocycles.